The van der Waals surface area contributed by atoms with E-state index in [0.717, 1.165) is 16.0 Å². The van der Waals surface area contributed by atoms with Crippen molar-refractivity contribution in [2.75, 3.05) is 11.1 Å². The molecule has 0 aliphatic rings. The Morgan fingerprint density at radius 2 is 2.24 bits per heavy atom. The molecular weight excluding hydrogens is 378 g/mol. The molecule has 1 N–H and O–H groups in total. The summed E-state index contributed by atoms with van der Waals surface area (Å²) in [5.74, 6) is 1.73. The second kappa shape index (κ2) is 8.03. The van der Waals surface area contributed by atoms with E-state index in [1.165, 1.54) is 11.8 Å². The lowest BCUT2D eigenvalue weighted by Gasteiger charge is -2.11. The van der Waals surface area contributed by atoms with Crippen LogP contribution in [0.2, 0.25) is 5.02 Å². The number of thioether (sulfide) groups is 1. The SMILES string of the molecule is Cc1cc(C)c(NC(=O)CSCc2nc(-c3cccs3)no2)c(Cl)c1. The molecule has 2 aromatic heterocycles. The Hall–Kier alpha value is -1.83. The van der Waals surface area contributed by atoms with Gasteiger partial charge in [0.1, 0.15) is 0 Å². The summed E-state index contributed by atoms with van der Waals surface area (Å²) < 4.78 is 5.21. The molecule has 5 nitrogen and oxygen atoms in total. The summed E-state index contributed by atoms with van der Waals surface area (Å²) in [4.78, 5) is 17.4. The number of carbonyl (C=O) groups excluding carboxylic acids is 1. The van der Waals surface area contributed by atoms with Gasteiger partial charge in [0.25, 0.3) is 0 Å². The van der Waals surface area contributed by atoms with Crippen LogP contribution in [0.1, 0.15) is 17.0 Å². The third kappa shape index (κ3) is 4.62. The number of carbonyl (C=O) groups is 1. The summed E-state index contributed by atoms with van der Waals surface area (Å²) in [6.07, 6.45) is 0. The molecule has 0 saturated heterocycles. The number of thiophene rings is 1. The molecule has 0 aliphatic heterocycles. The highest BCUT2D eigenvalue weighted by molar-refractivity contribution is 7.99. The monoisotopic (exact) mass is 393 g/mol. The number of hydrogen-bond donors (Lipinski definition) is 1. The van der Waals surface area contributed by atoms with E-state index in [2.05, 4.69) is 15.5 Å². The Kier molecular flexibility index (Phi) is 5.78. The van der Waals surface area contributed by atoms with Gasteiger partial charge in [-0.05, 0) is 42.5 Å². The number of anilines is 1. The highest BCUT2D eigenvalue weighted by Crippen LogP contribution is 2.27. The summed E-state index contributed by atoms with van der Waals surface area (Å²) in [6, 6.07) is 7.70. The lowest BCUT2D eigenvalue weighted by Crippen LogP contribution is -2.15. The Labute approximate surface area is 158 Å². The van der Waals surface area contributed by atoms with Crippen LogP contribution in [0.5, 0.6) is 0 Å². The van der Waals surface area contributed by atoms with E-state index in [4.69, 9.17) is 16.1 Å². The fourth-order valence-electron chi connectivity index (χ4n) is 2.30. The lowest BCUT2D eigenvalue weighted by atomic mass is 10.1. The average molecular weight is 394 g/mol. The van der Waals surface area contributed by atoms with Crippen molar-refractivity contribution in [2.24, 2.45) is 0 Å². The lowest BCUT2D eigenvalue weighted by molar-refractivity contribution is -0.113. The van der Waals surface area contributed by atoms with Gasteiger partial charge in [-0.3, -0.25) is 4.79 Å². The molecule has 8 heteroatoms. The number of benzene rings is 1. The fourth-order valence-corrected chi connectivity index (χ4v) is 3.97. The third-order valence-corrected chi connectivity index (χ3v) is 5.45. The molecule has 2 heterocycles. The Balaban J connectivity index is 1.52. The first kappa shape index (κ1) is 18.0. The van der Waals surface area contributed by atoms with Crippen LogP contribution >= 0.6 is 34.7 Å². The minimum absolute atomic E-state index is 0.114. The zero-order valence-electron chi connectivity index (χ0n) is 13.7. The molecule has 0 unspecified atom stereocenters. The first-order chi connectivity index (χ1) is 12.0. The maximum Gasteiger partial charge on any atom is 0.236 e. The van der Waals surface area contributed by atoms with Crippen LogP contribution < -0.4 is 5.32 Å². The quantitative estimate of drug-likeness (QED) is 0.642. The fraction of sp³-hybridized carbons (Fsp3) is 0.235. The summed E-state index contributed by atoms with van der Waals surface area (Å²) in [5.41, 5.74) is 2.67. The normalized spacial score (nSPS) is 10.8. The van der Waals surface area contributed by atoms with Gasteiger partial charge in [0.15, 0.2) is 0 Å². The van der Waals surface area contributed by atoms with Gasteiger partial charge >= 0.3 is 0 Å². The number of aryl methyl sites for hydroxylation is 2. The number of halogens is 1. The van der Waals surface area contributed by atoms with Gasteiger partial charge < -0.3 is 9.84 Å². The van der Waals surface area contributed by atoms with E-state index in [1.54, 1.807) is 11.3 Å². The Bertz CT molecular complexity index is 855. The molecule has 3 rings (SSSR count). The van der Waals surface area contributed by atoms with Crippen molar-refractivity contribution >= 4 is 46.3 Å². The zero-order valence-corrected chi connectivity index (χ0v) is 16.1. The molecule has 0 radical (unpaired) electrons. The molecule has 1 aromatic carbocycles. The first-order valence-electron chi connectivity index (χ1n) is 7.53. The van der Waals surface area contributed by atoms with Crippen LogP contribution in [-0.4, -0.2) is 21.8 Å². The van der Waals surface area contributed by atoms with Crippen molar-refractivity contribution in [1.82, 2.24) is 10.1 Å². The summed E-state index contributed by atoms with van der Waals surface area (Å²) in [7, 11) is 0. The maximum atomic E-state index is 12.1. The second-order valence-corrected chi connectivity index (χ2v) is 7.81. The number of amides is 1. The van der Waals surface area contributed by atoms with Gasteiger partial charge in [-0.2, -0.15) is 4.98 Å². The van der Waals surface area contributed by atoms with Gasteiger partial charge in [0.05, 0.1) is 27.1 Å². The van der Waals surface area contributed by atoms with Gasteiger partial charge in [0.2, 0.25) is 17.6 Å². The van der Waals surface area contributed by atoms with E-state index in [0.29, 0.717) is 28.2 Å². The van der Waals surface area contributed by atoms with E-state index >= 15 is 0 Å². The first-order valence-corrected chi connectivity index (χ1v) is 9.95. The van der Waals surface area contributed by atoms with Crippen LogP contribution in [0.15, 0.2) is 34.2 Å². The van der Waals surface area contributed by atoms with E-state index in [-0.39, 0.29) is 11.7 Å². The highest BCUT2D eigenvalue weighted by Gasteiger charge is 2.12. The van der Waals surface area contributed by atoms with Gasteiger partial charge in [-0.25, -0.2) is 0 Å². The van der Waals surface area contributed by atoms with Crippen molar-refractivity contribution in [2.45, 2.75) is 19.6 Å². The van der Waals surface area contributed by atoms with E-state index in [1.807, 2.05) is 43.5 Å². The number of aromatic nitrogens is 2. The van der Waals surface area contributed by atoms with E-state index in [9.17, 15) is 4.79 Å². The van der Waals surface area contributed by atoms with E-state index < -0.39 is 0 Å². The smallest absolute Gasteiger partial charge is 0.236 e. The molecule has 0 fully saturated rings. The van der Waals surface area contributed by atoms with Gasteiger partial charge in [0, 0.05) is 0 Å². The summed E-state index contributed by atoms with van der Waals surface area (Å²) >= 11 is 9.17. The van der Waals surface area contributed by atoms with Gasteiger partial charge in [-0.15, -0.1) is 23.1 Å². The van der Waals surface area contributed by atoms with Crippen molar-refractivity contribution in [3.05, 3.63) is 51.7 Å². The highest BCUT2D eigenvalue weighted by atomic mass is 35.5. The second-order valence-electron chi connectivity index (χ2n) is 5.47. The summed E-state index contributed by atoms with van der Waals surface area (Å²) in [5, 5.41) is 9.32. The molecular formula is C17H16ClN3O2S2. The van der Waals surface area contributed by atoms with Crippen molar-refractivity contribution in [3.8, 4) is 10.7 Å². The Morgan fingerprint density at radius 1 is 1.40 bits per heavy atom. The molecule has 0 spiro atoms. The minimum Gasteiger partial charge on any atom is -0.338 e. The number of nitrogens with one attached hydrogen (secondary N) is 1. The van der Waals surface area contributed by atoms with Crippen LogP contribution in [0.3, 0.4) is 0 Å². The third-order valence-electron chi connectivity index (χ3n) is 3.36. The molecule has 0 aliphatic carbocycles. The van der Waals surface area contributed by atoms with Crippen molar-refractivity contribution in [3.63, 3.8) is 0 Å². The summed E-state index contributed by atoms with van der Waals surface area (Å²) in [6.45, 7) is 3.89. The maximum absolute atomic E-state index is 12.1. The topological polar surface area (TPSA) is 68.0 Å². The number of nitrogens with zero attached hydrogens (tertiary/aromatic N) is 2. The molecule has 0 bridgehead atoms. The molecule has 0 saturated carbocycles. The number of rotatable bonds is 6. The molecule has 130 valence electrons. The molecule has 0 atom stereocenters. The van der Waals surface area contributed by atoms with Crippen molar-refractivity contribution in [1.29, 1.82) is 0 Å². The van der Waals surface area contributed by atoms with Crippen molar-refractivity contribution < 1.29 is 9.32 Å². The van der Waals surface area contributed by atoms with Crippen LogP contribution in [0.25, 0.3) is 10.7 Å². The molecule has 25 heavy (non-hydrogen) atoms. The van der Waals surface area contributed by atoms with Crippen LogP contribution in [-0.2, 0) is 10.5 Å². The predicted molar refractivity (Wildman–Crippen MR) is 103 cm³/mol. The Morgan fingerprint density at radius 3 is 2.96 bits per heavy atom. The standard InChI is InChI=1S/C17H16ClN3O2S2/c1-10-6-11(2)16(12(18)7-10)19-14(22)8-24-9-15-20-17(21-23-15)13-4-3-5-25-13/h3-7H,8-9H2,1-2H3,(H,19,22). The molecule has 1 amide bonds. The number of hydrogen-bond acceptors (Lipinski definition) is 6. The largest absolute Gasteiger partial charge is 0.338 e. The average Bonchev–Trinajstić information content (AvgIpc) is 3.22. The van der Waals surface area contributed by atoms with Crippen LogP contribution in [0, 0.1) is 13.8 Å². The minimum atomic E-state index is -0.114. The predicted octanol–water partition coefficient (Wildman–Crippen LogP) is 4.94. The molecule has 3 aromatic rings. The van der Waals surface area contributed by atoms with Crippen LogP contribution in [0.4, 0.5) is 5.69 Å². The zero-order chi connectivity index (χ0) is 17.8. The van der Waals surface area contributed by atoms with Gasteiger partial charge in [-0.1, -0.05) is 28.9 Å².